The van der Waals surface area contributed by atoms with Gasteiger partial charge in [-0.3, -0.25) is 9.47 Å². The minimum Gasteiger partial charge on any atom is -0.444 e. The first-order valence-electron chi connectivity index (χ1n) is 7.88. The van der Waals surface area contributed by atoms with E-state index in [1.807, 2.05) is 0 Å². The topological polar surface area (TPSA) is 93.4 Å². The molecule has 26 heavy (non-hydrogen) atoms. The number of imidazole rings is 1. The largest absolute Gasteiger partial charge is 0.444 e. The van der Waals surface area contributed by atoms with Crippen LogP contribution in [0.15, 0.2) is 12.7 Å². The van der Waals surface area contributed by atoms with Crippen LogP contribution < -0.4 is 0 Å². The molecule has 0 bridgehead atoms. The maximum Gasteiger partial charge on any atom is 0.412 e. The lowest BCUT2D eigenvalue weighted by Gasteiger charge is -2.33. The average molecular weight is 390 g/mol. The van der Waals surface area contributed by atoms with Gasteiger partial charge in [0.25, 0.3) is 5.92 Å². The van der Waals surface area contributed by atoms with E-state index < -0.39 is 42.9 Å². The molecular formula is C15H18ClF2N5O3. The van der Waals surface area contributed by atoms with Crippen LogP contribution >= 0.6 is 11.6 Å². The monoisotopic (exact) mass is 389 g/mol. The summed E-state index contributed by atoms with van der Waals surface area (Å²) in [6.07, 6.45) is -1.18. The number of amides is 1. The van der Waals surface area contributed by atoms with Crippen LogP contribution in [-0.2, 0) is 4.74 Å². The number of aliphatic hydroxyl groups is 1. The van der Waals surface area contributed by atoms with E-state index in [4.69, 9.17) is 16.3 Å². The number of fused-ring (bicyclic) bond motifs is 1. The number of aliphatic hydroxyl groups excluding tert-OH is 1. The minimum atomic E-state index is -3.34. The summed E-state index contributed by atoms with van der Waals surface area (Å²) in [5.74, 6) is -3.34. The van der Waals surface area contributed by atoms with Crippen LogP contribution in [0.1, 0.15) is 33.4 Å². The Morgan fingerprint density at radius 3 is 2.73 bits per heavy atom. The van der Waals surface area contributed by atoms with Gasteiger partial charge in [0.1, 0.15) is 17.4 Å². The van der Waals surface area contributed by atoms with Gasteiger partial charge in [-0.15, -0.1) is 0 Å². The SMILES string of the molecule is CC(C)(C)OC(=O)N1[C@H](CO)CC(F)(F)[C@@H]1n1cnc2c(Cl)ncnc21. The van der Waals surface area contributed by atoms with Gasteiger partial charge < -0.3 is 9.84 Å². The highest BCUT2D eigenvalue weighted by Gasteiger charge is 2.58. The summed E-state index contributed by atoms with van der Waals surface area (Å²) in [5.41, 5.74) is -0.689. The maximum atomic E-state index is 14.8. The molecule has 1 N–H and O–H groups in total. The van der Waals surface area contributed by atoms with E-state index in [9.17, 15) is 18.7 Å². The van der Waals surface area contributed by atoms with E-state index in [2.05, 4.69) is 15.0 Å². The standard InChI is InChI=1S/C15H18ClF2N5O3/c1-14(2,3)26-13(25)23-8(5-24)4-15(17,18)12(23)22-7-21-9-10(16)19-6-20-11(9)22/h6-8,12,24H,4-5H2,1-3H3/t8-,12+/m0/s1. The van der Waals surface area contributed by atoms with Gasteiger partial charge in [0.05, 0.1) is 19.0 Å². The lowest BCUT2D eigenvalue weighted by Crippen LogP contribution is -2.45. The Labute approximate surface area is 152 Å². The minimum absolute atomic E-state index is 0.0117. The van der Waals surface area contributed by atoms with E-state index in [1.54, 1.807) is 20.8 Å². The number of ether oxygens (including phenoxy) is 1. The van der Waals surface area contributed by atoms with Crippen molar-refractivity contribution < 1.29 is 23.4 Å². The molecule has 0 saturated carbocycles. The molecule has 1 aliphatic rings. The highest BCUT2D eigenvalue weighted by atomic mass is 35.5. The molecule has 0 aromatic carbocycles. The van der Waals surface area contributed by atoms with Crippen LogP contribution in [0.3, 0.4) is 0 Å². The summed E-state index contributed by atoms with van der Waals surface area (Å²) in [6.45, 7) is 4.25. The maximum absolute atomic E-state index is 14.8. The molecule has 1 amide bonds. The Morgan fingerprint density at radius 2 is 2.12 bits per heavy atom. The molecule has 3 rings (SSSR count). The number of carbonyl (C=O) groups excluding carboxylic acids is 1. The molecule has 1 fully saturated rings. The number of hydrogen-bond donors (Lipinski definition) is 1. The summed E-state index contributed by atoms with van der Waals surface area (Å²) < 4.78 is 35.9. The highest BCUT2D eigenvalue weighted by Crippen LogP contribution is 2.46. The molecule has 1 saturated heterocycles. The molecule has 3 heterocycles. The van der Waals surface area contributed by atoms with Crippen LogP contribution in [0.5, 0.6) is 0 Å². The number of likely N-dealkylation sites (tertiary alicyclic amines) is 1. The second-order valence-electron chi connectivity index (χ2n) is 7.05. The molecule has 2 aromatic heterocycles. The molecule has 0 unspecified atom stereocenters. The van der Waals surface area contributed by atoms with Crippen molar-refractivity contribution in [3.8, 4) is 0 Å². The quantitative estimate of drug-likeness (QED) is 0.793. The average Bonchev–Trinajstić information content (AvgIpc) is 3.04. The molecule has 0 spiro atoms. The van der Waals surface area contributed by atoms with E-state index >= 15 is 0 Å². The number of carbonyl (C=O) groups is 1. The molecule has 142 valence electrons. The van der Waals surface area contributed by atoms with Crippen molar-refractivity contribution in [1.29, 1.82) is 0 Å². The van der Waals surface area contributed by atoms with Gasteiger partial charge in [-0.1, -0.05) is 11.6 Å². The number of alkyl halides is 2. The number of rotatable bonds is 2. The predicted molar refractivity (Wildman–Crippen MR) is 87.9 cm³/mol. The van der Waals surface area contributed by atoms with Crippen LogP contribution in [0.4, 0.5) is 13.6 Å². The molecule has 2 atom stereocenters. The molecule has 1 aliphatic heterocycles. The Balaban J connectivity index is 2.11. The third kappa shape index (κ3) is 3.18. The first-order valence-corrected chi connectivity index (χ1v) is 8.26. The summed E-state index contributed by atoms with van der Waals surface area (Å²) in [6, 6.07) is -1.11. The number of aromatic nitrogens is 4. The summed E-state index contributed by atoms with van der Waals surface area (Å²) >= 11 is 5.93. The molecular weight excluding hydrogens is 372 g/mol. The molecule has 11 heteroatoms. The van der Waals surface area contributed by atoms with E-state index in [-0.39, 0.29) is 16.3 Å². The number of nitrogens with zero attached hydrogens (tertiary/aromatic N) is 5. The van der Waals surface area contributed by atoms with Crippen molar-refractivity contribution in [2.45, 2.75) is 50.9 Å². The van der Waals surface area contributed by atoms with Crippen molar-refractivity contribution in [3.63, 3.8) is 0 Å². The predicted octanol–water partition coefficient (Wildman–Crippen LogP) is 2.62. The fourth-order valence-electron chi connectivity index (χ4n) is 2.98. The third-order valence-electron chi connectivity index (χ3n) is 3.94. The molecule has 0 aliphatic carbocycles. The van der Waals surface area contributed by atoms with Crippen LogP contribution in [-0.4, -0.2) is 59.8 Å². The highest BCUT2D eigenvalue weighted by molar-refractivity contribution is 6.33. The van der Waals surface area contributed by atoms with E-state index in [1.165, 1.54) is 0 Å². The first-order chi connectivity index (χ1) is 12.0. The van der Waals surface area contributed by atoms with Gasteiger partial charge in [-0.05, 0) is 20.8 Å². The first kappa shape index (κ1) is 18.7. The van der Waals surface area contributed by atoms with Gasteiger partial charge in [-0.25, -0.2) is 28.5 Å². The van der Waals surface area contributed by atoms with E-state index in [0.29, 0.717) is 0 Å². The van der Waals surface area contributed by atoms with Gasteiger partial charge in [-0.2, -0.15) is 0 Å². The van der Waals surface area contributed by atoms with Gasteiger partial charge >= 0.3 is 6.09 Å². The van der Waals surface area contributed by atoms with Crippen molar-refractivity contribution in [3.05, 3.63) is 17.8 Å². The Morgan fingerprint density at radius 1 is 1.42 bits per heavy atom. The normalized spacial score (nSPS) is 22.8. The second-order valence-corrected chi connectivity index (χ2v) is 7.41. The van der Waals surface area contributed by atoms with Crippen molar-refractivity contribution in [1.82, 2.24) is 24.4 Å². The van der Waals surface area contributed by atoms with Crippen molar-refractivity contribution in [2.75, 3.05) is 6.61 Å². The third-order valence-corrected chi connectivity index (χ3v) is 4.21. The fourth-order valence-corrected chi connectivity index (χ4v) is 3.15. The van der Waals surface area contributed by atoms with Gasteiger partial charge in [0.15, 0.2) is 17.0 Å². The smallest absolute Gasteiger partial charge is 0.412 e. The van der Waals surface area contributed by atoms with Crippen LogP contribution in [0.25, 0.3) is 11.2 Å². The zero-order valence-electron chi connectivity index (χ0n) is 14.4. The van der Waals surface area contributed by atoms with Gasteiger partial charge in [0.2, 0.25) is 0 Å². The summed E-state index contributed by atoms with van der Waals surface area (Å²) in [4.78, 5) is 25.1. The Kier molecular flexibility index (Phi) is 4.51. The summed E-state index contributed by atoms with van der Waals surface area (Å²) in [5, 5.41) is 9.55. The summed E-state index contributed by atoms with van der Waals surface area (Å²) in [7, 11) is 0. The van der Waals surface area contributed by atoms with Crippen LogP contribution in [0, 0.1) is 0 Å². The zero-order chi connectivity index (χ0) is 19.3. The van der Waals surface area contributed by atoms with Crippen molar-refractivity contribution in [2.24, 2.45) is 0 Å². The van der Waals surface area contributed by atoms with E-state index in [0.717, 1.165) is 22.1 Å². The molecule has 0 radical (unpaired) electrons. The number of hydrogen-bond acceptors (Lipinski definition) is 6. The lowest BCUT2D eigenvalue weighted by molar-refractivity contribution is -0.0680. The number of halogens is 3. The molecule has 8 nitrogen and oxygen atoms in total. The fraction of sp³-hybridized carbons (Fsp3) is 0.600. The Hall–Kier alpha value is -2.07. The lowest BCUT2D eigenvalue weighted by atomic mass is 10.2. The Bertz CT molecular complexity index is 838. The van der Waals surface area contributed by atoms with Crippen LogP contribution in [0.2, 0.25) is 5.15 Å². The second kappa shape index (κ2) is 6.27. The zero-order valence-corrected chi connectivity index (χ0v) is 15.1. The van der Waals surface area contributed by atoms with Gasteiger partial charge in [0, 0.05) is 6.42 Å². The van der Waals surface area contributed by atoms with Crippen molar-refractivity contribution >= 4 is 28.9 Å². The molecule has 2 aromatic rings.